The molecule has 2 aromatic carbocycles. The Morgan fingerprint density at radius 3 is 2.11 bits per heavy atom. The highest BCUT2D eigenvalue weighted by Crippen LogP contribution is 2.17. The monoisotopic (exact) mass is 392 g/mol. The van der Waals surface area contributed by atoms with Crippen LogP contribution in [-0.2, 0) is 10.1 Å². The van der Waals surface area contributed by atoms with Crippen LogP contribution in [0.15, 0.2) is 58.4 Å². The lowest BCUT2D eigenvalue weighted by molar-refractivity contribution is 0.337. The first-order valence-electron chi connectivity index (χ1n) is 8.55. The van der Waals surface area contributed by atoms with Crippen molar-refractivity contribution in [2.24, 2.45) is 4.99 Å². The maximum absolute atomic E-state index is 10.5. The van der Waals surface area contributed by atoms with Crippen LogP contribution in [0.4, 0.5) is 0 Å². The van der Waals surface area contributed by atoms with E-state index in [9.17, 15) is 8.42 Å². The molecule has 0 aromatic heterocycles. The molecule has 7 nitrogen and oxygen atoms in total. The van der Waals surface area contributed by atoms with Gasteiger partial charge < -0.3 is 14.8 Å². The average Bonchev–Trinajstić information content (AvgIpc) is 3.15. The van der Waals surface area contributed by atoms with Gasteiger partial charge in [-0.25, -0.2) is 0 Å². The number of hydrogen-bond donors (Lipinski definition) is 2. The number of aliphatic imine (C=N–C) groups is 1. The first-order chi connectivity index (χ1) is 12.9. The number of aryl methyl sites for hydroxylation is 1. The lowest BCUT2D eigenvalue weighted by Gasteiger charge is -2.07. The smallest absolute Gasteiger partial charge is 0.294 e. The molecular formula is C19H24N2O5S. The Hall–Kier alpha value is -2.58. The van der Waals surface area contributed by atoms with Crippen LogP contribution in [0.5, 0.6) is 11.5 Å². The fourth-order valence-corrected chi connectivity index (χ4v) is 2.68. The second-order valence-corrected chi connectivity index (χ2v) is 7.16. The third-order valence-electron chi connectivity index (χ3n) is 3.57. The molecule has 3 rings (SSSR count). The number of rotatable bonds is 6. The fourth-order valence-electron chi connectivity index (χ4n) is 2.20. The van der Waals surface area contributed by atoms with E-state index in [0.29, 0.717) is 13.2 Å². The zero-order valence-corrected chi connectivity index (χ0v) is 16.2. The lowest BCUT2D eigenvalue weighted by Crippen LogP contribution is -2.24. The number of nitrogens with one attached hydrogen (secondary N) is 1. The van der Waals surface area contributed by atoms with E-state index in [1.807, 2.05) is 38.1 Å². The van der Waals surface area contributed by atoms with Crippen molar-refractivity contribution >= 4 is 16.0 Å². The summed E-state index contributed by atoms with van der Waals surface area (Å²) in [6, 6.07) is 13.6. The maximum Gasteiger partial charge on any atom is 0.294 e. The normalized spacial score (nSPS) is 13.1. The number of benzene rings is 2. The molecule has 1 aliphatic heterocycles. The minimum Gasteiger partial charge on any atom is -0.494 e. The van der Waals surface area contributed by atoms with Crippen LogP contribution in [0, 0.1) is 6.92 Å². The third-order valence-corrected chi connectivity index (χ3v) is 4.44. The molecule has 1 heterocycles. The van der Waals surface area contributed by atoms with E-state index in [-0.39, 0.29) is 4.90 Å². The van der Waals surface area contributed by atoms with Crippen LogP contribution < -0.4 is 14.8 Å². The molecule has 0 fully saturated rings. The van der Waals surface area contributed by atoms with Crippen LogP contribution in [0.2, 0.25) is 0 Å². The minimum absolute atomic E-state index is 0.0666. The molecule has 0 saturated heterocycles. The van der Waals surface area contributed by atoms with E-state index in [2.05, 4.69) is 10.3 Å². The average molecular weight is 392 g/mol. The van der Waals surface area contributed by atoms with Gasteiger partial charge in [0.2, 0.25) is 0 Å². The number of nitrogens with zero attached hydrogens (tertiary/aromatic N) is 1. The van der Waals surface area contributed by atoms with Crippen LogP contribution in [-0.4, -0.2) is 45.1 Å². The summed E-state index contributed by atoms with van der Waals surface area (Å²) in [4.78, 5) is 4.19. The molecule has 0 aliphatic carbocycles. The summed E-state index contributed by atoms with van der Waals surface area (Å²) in [6.07, 6.45) is 0. The summed E-state index contributed by atoms with van der Waals surface area (Å²) in [5, 5.41) is 3.16. The Morgan fingerprint density at radius 1 is 1.04 bits per heavy atom. The van der Waals surface area contributed by atoms with Gasteiger partial charge in [0.1, 0.15) is 23.9 Å². The molecule has 1 aliphatic rings. The van der Waals surface area contributed by atoms with E-state index in [4.69, 9.17) is 14.0 Å². The summed E-state index contributed by atoms with van der Waals surface area (Å²) in [7, 11) is -4.02. The van der Waals surface area contributed by atoms with E-state index in [1.165, 1.54) is 12.1 Å². The summed E-state index contributed by atoms with van der Waals surface area (Å²) in [5.74, 6) is 2.62. The molecule has 146 valence electrons. The zero-order chi connectivity index (χ0) is 19.7. The van der Waals surface area contributed by atoms with Gasteiger partial charge in [-0.2, -0.15) is 8.42 Å². The number of ether oxygens (including phenoxy) is 2. The first kappa shape index (κ1) is 20.7. The van der Waals surface area contributed by atoms with E-state index in [1.54, 1.807) is 12.1 Å². The fraction of sp³-hybridized carbons (Fsp3) is 0.316. The van der Waals surface area contributed by atoms with Gasteiger partial charge in [0.05, 0.1) is 18.0 Å². The predicted octanol–water partition coefficient (Wildman–Crippen LogP) is 2.71. The van der Waals surface area contributed by atoms with Gasteiger partial charge in [0, 0.05) is 6.54 Å². The van der Waals surface area contributed by atoms with Crippen molar-refractivity contribution in [1.82, 2.24) is 5.32 Å². The Labute approximate surface area is 159 Å². The van der Waals surface area contributed by atoms with Crippen molar-refractivity contribution < 1.29 is 22.4 Å². The van der Waals surface area contributed by atoms with Gasteiger partial charge >= 0.3 is 0 Å². The van der Waals surface area contributed by atoms with Gasteiger partial charge in [0.15, 0.2) is 0 Å². The molecule has 2 N–H and O–H groups in total. The quantitative estimate of drug-likeness (QED) is 0.734. The van der Waals surface area contributed by atoms with Crippen molar-refractivity contribution in [2.75, 3.05) is 26.3 Å². The van der Waals surface area contributed by atoms with Crippen LogP contribution in [0.1, 0.15) is 12.5 Å². The first-order valence-corrected chi connectivity index (χ1v) is 9.99. The molecule has 0 radical (unpaired) electrons. The van der Waals surface area contributed by atoms with Crippen molar-refractivity contribution in [3.63, 3.8) is 0 Å². The number of amidine groups is 1. The van der Waals surface area contributed by atoms with Crippen molar-refractivity contribution in [3.8, 4) is 11.5 Å². The summed E-state index contributed by atoms with van der Waals surface area (Å²) >= 11 is 0. The standard InChI is InChI=1S/C12H16N2O2.C7H8O3S/c1-2-15-10-3-5-11(6-4-10)16-9-12-13-7-8-14-12;1-6-2-4-7(5-3-6)11(8,9)10/h3-6H,2,7-9H2,1H3,(H,13,14);2-5H,1H3,(H,8,9,10). The highest BCUT2D eigenvalue weighted by molar-refractivity contribution is 7.85. The van der Waals surface area contributed by atoms with Crippen LogP contribution in [0.3, 0.4) is 0 Å². The van der Waals surface area contributed by atoms with Crippen molar-refractivity contribution in [3.05, 3.63) is 54.1 Å². The van der Waals surface area contributed by atoms with Crippen LogP contribution >= 0.6 is 0 Å². The molecule has 0 unspecified atom stereocenters. The molecule has 0 spiro atoms. The molecule has 0 saturated carbocycles. The van der Waals surface area contributed by atoms with Gasteiger partial charge in [0.25, 0.3) is 10.1 Å². The molecule has 2 aromatic rings. The molecule has 0 bridgehead atoms. The van der Waals surface area contributed by atoms with Crippen molar-refractivity contribution in [1.29, 1.82) is 0 Å². The maximum atomic E-state index is 10.5. The Kier molecular flexibility index (Phi) is 7.63. The van der Waals surface area contributed by atoms with Crippen LogP contribution in [0.25, 0.3) is 0 Å². The van der Waals surface area contributed by atoms with Gasteiger partial charge in [-0.3, -0.25) is 9.55 Å². The van der Waals surface area contributed by atoms with Gasteiger partial charge in [-0.15, -0.1) is 0 Å². The molecule has 8 heteroatoms. The highest BCUT2D eigenvalue weighted by atomic mass is 32.2. The molecule has 0 amide bonds. The summed E-state index contributed by atoms with van der Waals surface area (Å²) in [5.41, 5.74) is 0.956. The molecule has 0 atom stereocenters. The third kappa shape index (κ3) is 7.28. The summed E-state index contributed by atoms with van der Waals surface area (Å²) in [6.45, 7) is 6.76. The Bertz CT molecular complexity index is 847. The predicted molar refractivity (Wildman–Crippen MR) is 104 cm³/mol. The second kappa shape index (κ2) is 9.94. The zero-order valence-electron chi connectivity index (χ0n) is 15.4. The second-order valence-electron chi connectivity index (χ2n) is 5.74. The molecule has 27 heavy (non-hydrogen) atoms. The Balaban J connectivity index is 0.000000208. The van der Waals surface area contributed by atoms with Gasteiger partial charge in [-0.05, 0) is 50.2 Å². The molecular weight excluding hydrogens is 368 g/mol. The summed E-state index contributed by atoms with van der Waals surface area (Å²) < 4.78 is 40.5. The van der Waals surface area contributed by atoms with E-state index < -0.39 is 10.1 Å². The highest BCUT2D eigenvalue weighted by Gasteiger charge is 2.07. The minimum atomic E-state index is -4.02. The van der Waals surface area contributed by atoms with Gasteiger partial charge in [-0.1, -0.05) is 17.7 Å². The van der Waals surface area contributed by atoms with E-state index in [0.717, 1.165) is 36.0 Å². The van der Waals surface area contributed by atoms with E-state index >= 15 is 0 Å². The largest absolute Gasteiger partial charge is 0.494 e. The SMILES string of the molecule is CCOc1ccc(OCC2=NCCN2)cc1.Cc1ccc(S(=O)(=O)O)cc1. The topological polar surface area (TPSA) is 97.2 Å². The Morgan fingerprint density at radius 2 is 1.63 bits per heavy atom. The lowest BCUT2D eigenvalue weighted by atomic mass is 10.2. The number of hydrogen-bond acceptors (Lipinski definition) is 6. The van der Waals surface area contributed by atoms with Crippen molar-refractivity contribution in [2.45, 2.75) is 18.7 Å².